The predicted octanol–water partition coefficient (Wildman–Crippen LogP) is 0.889. The third kappa shape index (κ3) is 4.32. The van der Waals surface area contributed by atoms with E-state index in [2.05, 4.69) is 33.3 Å². The summed E-state index contributed by atoms with van der Waals surface area (Å²) in [5.41, 5.74) is 5.31. The van der Waals surface area contributed by atoms with Gasteiger partial charge in [0.25, 0.3) is 0 Å². The second-order valence-electron chi connectivity index (χ2n) is 3.62. The number of nitrogens with two attached hydrogens (primary N) is 1. The number of carbonyl (C=O) groups is 1. The Morgan fingerprint density at radius 1 is 1.75 bits per heavy atom. The van der Waals surface area contributed by atoms with Gasteiger partial charge in [-0.15, -0.1) is 0 Å². The van der Waals surface area contributed by atoms with E-state index >= 15 is 0 Å². The second kappa shape index (κ2) is 6.65. The number of halogens is 1. The molecule has 1 atom stereocenters. The summed E-state index contributed by atoms with van der Waals surface area (Å²) in [6, 6.07) is -0.275. The van der Waals surface area contributed by atoms with Gasteiger partial charge in [-0.2, -0.15) is 5.10 Å². The maximum atomic E-state index is 11.2. The minimum Gasteiger partial charge on any atom is -0.368 e. The summed E-state index contributed by atoms with van der Waals surface area (Å²) in [5, 5.41) is 7.24. The van der Waals surface area contributed by atoms with Gasteiger partial charge in [-0.25, -0.2) is 0 Å². The molecule has 0 aliphatic rings. The molecule has 6 heteroatoms. The minimum atomic E-state index is -0.306. The first-order chi connectivity index (χ1) is 7.63. The highest BCUT2D eigenvalue weighted by atomic mass is 79.9. The summed E-state index contributed by atoms with van der Waals surface area (Å²) in [4.78, 5) is 11.2. The Labute approximate surface area is 104 Å². The molecule has 0 aliphatic carbocycles. The smallest absolute Gasteiger partial charge is 0.234 e. The molecule has 0 saturated carbocycles. The highest BCUT2D eigenvalue weighted by molar-refractivity contribution is 9.10. The quantitative estimate of drug-likeness (QED) is 0.783. The van der Waals surface area contributed by atoms with Crippen molar-refractivity contribution in [3.63, 3.8) is 0 Å². The number of hydrogen-bond acceptors (Lipinski definition) is 3. The average Bonchev–Trinajstić information content (AvgIpc) is 2.64. The first-order valence-corrected chi connectivity index (χ1v) is 6.13. The lowest BCUT2D eigenvalue weighted by molar-refractivity contribution is -0.120. The SMILES string of the molecule is CCCNC(CCn1cc(Br)cn1)C(N)=O. The van der Waals surface area contributed by atoms with Crippen molar-refractivity contribution >= 4 is 21.8 Å². The molecular formula is C10H17BrN4O. The fourth-order valence-corrected chi connectivity index (χ4v) is 1.71. The molecule has 16 heavy (non-hydrogen) atoms. The van der Waals surface area contributed by atoms with Gasteiger partial charge in [0.05, 0.1) is 16.7 Å². The molecule has 3 N–H and O–H groups in total. The first kappa shape index (κ1) is 13.2. The maximum Gasteiger partial charge on any atom is 0.234 e. The minimum absolute atomic E-state index is 0.275. The van der Waals surface area contributed by atoms with Crippen molar-refractivity contribution in [3.8, 4) is 0 Å². The van der Waals surface area contributed by atoms with E-state index in [0.717, 1.165) is 17.4 Å². The molecule has 0 aliphatic heterocycles. The van der Waals surface area contributed by atoms with E-state index in [-0.39, 0.29) is 11.9 Å². The fourth-order valence-electron chi connectivity index (χ4n) is 1.39. The largest absolute Gasteiger partial charge is 0.368 e. The third-order valence-corrected chi connectivity index (χ3v) is 2.64. The molecule has 90 valence electrons. The van der Waals surface area contributed by atoms with Crippen LogP contribution in [-0.4, -0.2) is 28.3 Å². The Morgan fingerprint density at radius 3 is 3.00 bits per heavy atom. The summed E-state index contributed by atoms with van der Waals surface area (Å²) >= 11 is 3.32. The van der Waals surface area contributed by atoms with Crippen molar-refractivity contribution < 1.29 is 4.79 Å². The number of aryl methyl sites for hydroxylation is 1. The van der Waals surface area contributed by atoms with Crippen molar-refractivity contribution in [2.45, 2.75) is 32.4 Å². The summed E-state index contributed by atoms with van der Waals surface area (Å²) < 4.78 is 2.72. The third-order valence-electron chi connectivity index (χ3n) is 2.23. The zero-order valence-corrected chi connectivity index (χ0v) is 10.9. The van der Waals surface area contributed by atoms with E-state index in [1.807, 2.05) is 6.20 Å². The lowest BCUT2D eigenvalue weighted by Gasteiger charge is -2.14. The Bertz CT molecular complexity index is 339. The van der Waals surface area contributed by atoms with E-state index in [0.29, 0.717) is 13.0 Å². The van der Waals surface area contributed by atoms with Crippen LogP contribution < -0.4 is 11.1 Å². The molecule has 5 nitrogen and oxygen atoms in total. The number of nitrogens with zero attached hydrogens (tertiary/aromatic N) is 2. The molecule has 0 bridgehead atoms. The zero-order chi connectivity index (χ0) is 12.0. The van der Waals surface area contributed by atoms with Crippen LogP contribution in [0.4, 0.5) is 0 Å². The van der Waals surface area contributed by atoms with Crippen molar-refractivity contribution in [2.24, 2.45) is 5.73 Å². The molecular weight excluding hydrogens is 272 g/mol. The Morgan fingerprint density at radius 2 is 2.50 bits per heavy atom. The number of aromatic nitrogens is 2. The molecule has 0 radical (unpaired) electrons. The lowest BCUT2D eigenvalue weighted by atomic mass is 10.2. The van der Waals surface area contributed by atoms with Crippen LogP contribution in [0.5, 0.6) is 0 Å². The number of rotatable bonds is 7. The topological polar surface area (TPSA) is 72.9 Å². The van der Waals surface area contributed by atoms with Crippen LogP contribution in [0.2, 0.25) is 0 Å². The van der Waals surface area contributed by atoms with Crippen LogP contribution in [0.1, 0.15) is 19.8 Å². The second-order valence-corrected chi connectivity index (χ2v) is 4.54. The van der Waals surface area contributed by atoms with Gasteiger partial charge >= 0.3 is 0 Å². The highest BCUT2D eigenvalue weighted by Gasteiger charge is 2.13. The van der Waals surface area contributed by atoms with Gasteiger partial charge < -0.3 is 11.1 Å². The van der Waals surface area contributed by atoms with E-state index in [4.69, 9.17) is 5.73 Å². The van der Waals surface area contributed by atoms with E-state index in [1.165, 1.54) is 0 Å². The van der Waals surface area contributed by atoms with Crippen molar-refractivity contribution in [3.05, 3.63) is 16.9 Å². The van der Waals surface area contributed by atoms with Gasteiger partial charge in [0, 0.05) is 12.7 Å². The van der Waals surface area contributed by atoms with Gasteiger partial charge in [0.15, 0.2) is 0 Å². The van der Waals surface area contributed by atoms with Crippen LogP contribution in [0.15, 0.2) is 16.9 Å². The molecule has 1 unspecified atom stereocenters. The van der Waals surface area contributed by atoms with Crippen LogP contribution in [0.25, 0.3) is 0 Å². The van der Waals surface area contributed by atoms with Crippen molar-refractivity contribution in [1.29, 1.82) is 0 Å². The number of primary amides is 1. The molecule has 1 rings (SSSR count). The van der Waals surface area contributed by atoms with E-state index in [1.54, 1.807) is 10.9 Å². The summed E-state index contributed by atoms with van der Waals surface area (Å²) in [7, 11) is 0. The molecule has 1 amide bonds. The van der Waals surface area contributed by atoms with Crippen LogP contribution in [0, 0.1) is 0 Å². The Balaban J connectivity index is 2.40. The van der Waals surface area contributed by atoms with Gasteiger partial charge in [-0.3, -0.25) is 9.48 Å². The molecule has 1 heterocycles. The normalized spacial score (nSPS) is 12.6. The first-order valence-electron chi connectivity index (χ1n) is 5.34. The van der Waals surface area contributed by atoms with E-state index in [9.17, 15) is 4.79 Å². The van der Waals surface area contributed by atoms with Crippen LogP contribution in [0.3, 0.4) is 0 Å². The fraction of sp³-hybridized carbons (Fsp3) is 0.600. The molecule has 0 spiro atoms. The number of carbonyl (C=O) groups excluding carboxylic acids is 1. The lowest BCUT2D eigenvalue weighted by Crippen LogP contribution is -2.42. The van der Waals surface area contributed by atoms with Crippen LogP contribution in [-0.2, 0) is 11.3 Å². The van der Waals surface area contributed by atoms with Crippen molar-refractivity contribution in [2.75, 3.05) is 6.54 Å². The van der Waals surface area contributed by atoms with Crippen LogP contribution >= 0.6 is 15.9 Å². The predicted molar refractivity (Wildman–Crippen MR) is 65.8 cm³/mol. The molecule has 1 aromatic rings. The Hall–Kier alpha value is -0.880. The van der Waals surface area contributed by atoms with Gasteiger partial charge in [-0.05, 0) is 35.3 Å². The van der Waals surface area contributed by atoms with Crippen molar-refractivity contribution in [1.82, 2.24) is 15.1 Å². The molecule has 0 aromatic carbocycles. The van der Waals surface area contributed by atoms with Gasteiger partial charge in [0.1, 0.15) is 0 Å². The standard InChI is InChI=1S/C10H17BrN4O/c1-2-4-13-9(10(12)16)3-5-15-7-8(11)6-14-15/h6-7,9,13H,2-5H2,1H3,(H2,12,16). The number of hydrogen-bond donors (Lipinski definition) is 2. The maximum absolute atomic E-state index is 11.2. The molecule has 0 saturated heterocycles. The summed E-state index contributed by atoms with van der Waals surface area (Å²) in [6.45, 7) is 3.53. The molecule has 0 fully saturated rings. The number of nitrogens with one attached hydrogen (secondary N) is 1. The highest BCUT2D eigenvalue weighted by Crippen LogP contribution is 2.07. The Kier molecular flexibility index (Phi) is 5.48. The summed E-state index contributed by atoms with van der Waals surface area (Å²) in [6.07, 6.45) is 5.23. The zero-order valence-electron chi connectivity index (χ0n) is 9.32. The monoisotopic (exact) mass is 288 g/mol. The van der Waals surface area contributed by atoms with E-state index < -0.39 is 0 Å². The van der Waals surface area contributed by atoms with Gasteiger partial charge in [0.2, 0.25) is 5.91 Å². The average molecular weight is 289 g/mol. The number of amides is 1. The summed E-state index contributed by atoms with van der Waals surface area (Å²) in [5.74, 6) is -0.306. The molecule has 1 aromatic heterocycles. The van der Waals surface area contributed by atoms with Gasteiger partial charge in [-0.1, -0.05) is 6.92 Å².